The maximum Gasteiger partial charge on any atom is 0.387 e. The topological polar surface area (TPSA) is 138 Å². The third kappa shape index (κ3) is 4.55. The summed E-state index contributed by atoms with van der Waals surface area (Å²) in [5.41, 5.74) is 5.33. The zero-order valence-corrected chi connectivity index (χ0v) is 12.8. The number of nitrogens with one attached hydrogen (secondary N) is 1. The summed E-state index contributed by atoms with van der Waals surface area (Å²) in [4.78, 5) is 21.9. The van der Waals surface area contributed by atoms with Crippen molar-refractivity contribution in [3.05, 3.63) is 24.3 Å². The first-order chi connectivity index (χ1) is 11.4. The first-order valence-electron chi connectivity index (χ1n) is 6.34. The van der Waals surface area contributed by atoms with Gasteiger partial charge in [0.05, 0.1) is 5.75 Å². The summed E-state index contributed by atoms with van der Waals surface area (Å²) in [6, 6.07) is 4.69. The largest absolute Gasteiger partial charge is 0.435 e. The average Bonchev–Trinajstić information content (AvgIpc) is 2.86. The number of nitrogens with two attached hydrogens (primary N) is 2. The van der Waals surface area contributed by atoms with Gasteiger partial charge in [-0.1, -0.05) is 11.8 Å². The molecule has 12 heteroatoms. The number of thioether (sulfide) groups is 1. The van der Waals surface area contributed by atoms with Crippen molar-refractivity contribution in [3.63, 3.8) is 0 Å². The van der Waals surface area contributed by atoms with Crippen LogP contribution in [0.1, 0.15) is 0 Å². The number of amides is 3. The Hall–Kier alpha value is -2.89. The zero-order valence-electron chi connectivity index (χ0n) is 12.0. The van der Waals surface area contributed by atoms with Gasteiger partial charge >= 0.3 is 12.6 Å². The summed E-state index contributed by atoms with van der Waals surface area (Å²) in [5, 5.41) is 9.81. The van der Waals surface area contributed by atoms with Crippen LogP contribution in [0.3, 0.4) is 0 Å². The van der Waals surface area contributed by atoms with Crippen LogP contribution in [0.5, 0.6) is 5.75 Å². The highest BCUT2D eigenvalue weighted by molar-refractivity contribution is 7.99. The van der Waals surface area contributed by atoms with E-state index < -0.39 is 18.5 Å². The number of urea groups is 1. The van der Waals surface area contributed by atoms with Gasteiger partial charge in [0.25, 0.3) is 0 Å². The maximum absolute atomic E-state index is 12.1. The van der Waals surface area contributed by atoms with Crippen LogP contribution in [0, 0.1) is 0 Å². The van der Waals surface area contributed by atoms with E-state index in [4.69, 9.17) is 11.6 Å². The second-order valence-electron chi connectivity index (χ2n) is 4.28. The van der Waals surface area contributed by atoms with Crippen molar-refractivity contribution in [1.82, 2.24) is 20.2 Å². The molecule has 0 fully saturated rings. The van der Waals surface area contributed by atoms with E-state index in [2.05, 4.69) is 14.9 Å². The summed E-state index contributed by atoms with van der Waals surface area (Å²) >= 11 is 0.945. The van der Waals surface area contributed by atoms with Crippen molar-refractivity contribution in [2.45, 2.75) is 11.8 Å². The molecule has 0 saturated carbocycles. The molecule has 1 heterocycles. The standard InChI is InChI=1S/C12H12F2N6O3S/c13-10(14)23-7-3-1-6(2-4-7)9-18-19-12(20(9)16)24-5-8(21)17-11(15)22/h1-4,10H,5,16H2,(H3,15,17,21,22). The van der Waals surface area contributed by atoms with E-state index in [1.54, 1.807) is 0 Å². The number of ether oxygens (including phenoxy) is 1. The van der Waals surface area contributed by atoms with Crippen molar-refractivity contribution in [1.29, 1.82) is 0 Å². The molecule has 0 radical (unpaired) electrons. The molecule has 0 bridgehead atoms. The highest BCUT2D eigenvalue weighted by Gasteiger charge is 2.14. The lowest BCUT2D eigenvalue weighted by atomic mass is 10.2. The Morgan fingerprint density at radius 2 is 1.96 bits per heavy atom. The van der Waals surface area contributed by atoms with Crippen LogP contribution >= 0.6 is 11.8 Å². The molecule has 0 unspecified atom stereocenters. The fourth-order valence-corrected chi connectivity index (χ4v) is 2.32. The highest BCUT2D eigenvalue weighted by atomic mass is 32.2. The molecule has 0 spiro atoms. The summed E-state index contributed by atoms with van der Waals surface area (Å²) in [6.07, 6.45) is 0. The molecule has 3 amide bonds. The Kier molecular flexibility index (Phi) is 5.52. The van der Waals surface area contributed by atoms with E-state index >= 15 is 0 Å². The number of rotatable bonds is 6. The van der Waals surface area contributed by atoms with Crippen LogP contribution in [-0.2, 0) is 4.79 Å². The lowest BCUT2D eigenvalue weighted by Gasteiger charge is -2.06. The molecule has 2 rings (SSSR count). The normalized spacial score (nSPS) is 10.6. The Morgan fingerprint density at radius 3 is 2.54 bits per heavy atom. The molecule has 128 valence electrons. The summed E-state index contributed by atoms with van der Waals surface area (Å²) in [5.74, 6) is 5.35. The lowest BCUT2D eigenvalue weighted by molar-refractivity contribution is -0.117. The van der Waals surface area contributed by atoms with Crippen LogP contribution < -0.4 is 21.6 Å². The van der Waals surface area contributed by atoms with Crippen molar-refractivity contribution in [2.24, 2.45) is 5.73 Å². The Labute approximate surface area is 138 Å². The number of halogens is 2. The first kappa shape index (κ1) is 17.5. The van der Waals surface area contributed by atoms with Crippen molar-refractivity contribution in [2.75, 3.05) is 11.6 Å². The van der Waals surface area contributed by atoms with Gasteiger partial charge in [-0.2, -0.15) is 8.78 Å². The molecule has 0 saturated heterocycles. The molecule has 0 atom stereocenters. The van der Waals surface area contributed by atoms with Gasteiger partial charge in [-0.25, -0.2) is 9.47 Å². The van der Waals surface area contributed by atoms with Gasteiger partial charge in [0.1, 0.15) is 5.75 Å². The number of nitrogens with zero attached hydrogens (tertiary/aromatic N) is 3. The molecule has 0 aliphatic carbocycles. The summed E-state index contributed by atoms with van der Waals surface area (Å²) in [6.45, 7) is -2.91. The van der Waals surface area contributed by atoms with E-state index in [-0.39, 0.29) is 22.5 Å². The number of aromatic nitrogens is 3. The van der Waals surface area contributed by atoms with E-state index in [9.17, 15) is 18.4 Å². The number of carbonyl (C=O) groups excluding carboxylic acids is 2. The van der Waals surface area contributed by atoms with E-state index in [1.807, 2.05) is 5.32 Å². The van der Waals surface area contributed by atoms with Crippen molar-refractivity contribution >= 4 is 23.7 Å². The fraction of sp³-hybridized carbons (Fsp3) is 0.167. The maximum atomic E-state index is 12.1. The Bertz CT molecular complexity index is 737. The molecule has 0 aliphatic heterocycles. The minimum absolute atomic E-state index is 0.00504. The van der Waals surface area contributed by atoms with Gasteiger partial charge in [-0.15, -0.1) is 10.2 Å². The minimum atomic E-state index is -2.91. The second-order valence-corrected chi connectivity index (χ2v) is 5.22. The summed E-state index contributed by atoms with van der Waals surface area (Å²) in [7, 11) is 0. The van der Waals surface area contributed by atoms with E-state index in [1.165, 1.54) is 24.3 Å². The molecule has 2 aromatic rings. The molecule has 1 aromatic heterocycles. The molecule has 5 N–H and O–H groups in total. The first-order valence-corrected chi connectivity index (χ1v) is 7.33. The number of benzene rings is 1. The SMILES string of the molecule is NC(=O)NC(=O)CSc1nnc(-c2ccc(OC(F)F)cc2)n1N. The quantitative estimate of drug-likeness (QED) is 0.506. The van der Waals surface area contributed by atoms with E-state index in [0.717, 1.165) is 16.4 Å². The predicted octanol–water partition coefficient (Wildman–Crippen LogP) is 0.547. The average molecular weight is 358 g/mol. The number of alkyl halides is 2. The number of hydrogen-bond acceptors (Lipinski definition) is 7. The number of primary amides is 1. The molecule has 24 heavy (non-hydrogen) atoms. The van der Waals surface area contributed by atoms with Gasteiger partial charge in [0.2, 0.25) is 11.1 Å². The molecular formula is C12H12F2N6O3S. The van der Waals surface area contributed by atoms with E-state index in [0.29, 0.717) is 5.56 Å². The Morgan fingerprint density at radius 1 is 1.29 bits per heavy atom. The molecule has 0 aliphatic rings. The number of carbonyl (C=O) groups is 2. The molecular weight excluding hydrogens is 346 g/mol. The van der Waals surface area contributed by atoms with Crippen LogP contribution in [0.4, 0.5) is 13.6 Å². The third-order valence-electron chi connectivity index (χ3n) is 2.60. The van der Waals surface area contributed by atoms with Crippen LogP contribution in [-0.4, -0.2) is 39.2 Å². The highest BCUT2D eigenvalue weighted by Crippen LogP contribution is 2.24. The summed E-state index contributed by atoms with van der Waals surface area (Å²) < 4.78 is 29.6. The monoisotopic (exact) mass is 358 g/mol. The van der Waals surface area contributed by atoms with Crippen molar-refractivity contribution < 1.29 is 23.1 Å². The molecule has 1 aromatic carbocycles. The van der Waals surface area contributed by atoms with Crippen LogP contribution in [0.2, 0.25) is 0 Å². The third-order valence-corrected chi connectivity index (χ3v) is 3.54. The van der Waals surface area contributed by atoms with Gasteiger partial charge in [-0.05, 0) is 24.3 Å². The number of imide groups is 1. The fourth-order valence-electron chi connectivity index (χ4n) is 1.66. The second kappa shape index (κ2) is 7.59. The van der Waals surface area contributed by atoms with Gasteiger partial charge < -0.3 is 16.3 Å². The van der Waals surface area contributed by atoms with Crippen LogP contribution in [0.15, 0.2) is 29.4 Å². The van der Waals surface area contributed by atoms with Gasteiger partial charge in [0, 0.05) is 5.56 Å². The smallest absolute Gasteiger partial charge is 0.387 e. The number of hydrogen-bond donors (Lipinski definition) is 3. The van der Waals surface area contributed by atoms with Gasteiger partial charge in [-0.3, -0.25) is 10.1 Å². The lowest BCUT2D eigenvalue weighted by Crippen LogP contribution is -2.36. The molecule has 9 nitrogen and oxygen atoms in total. The van der Waals surface area contributed by atoms with Gasteiger partial charge in [0.15, 0.2) is 5.82 Å². The minimum Gasteiger partial charge on any atom is -0.435 e. The van der Waals surface area contributed by atoms with Crippen molar-refractivity contribution in [3.8, 4) is 17.1 Å². The Balaban J connectivity index is 2.06. The zero-order chi connectivity index (χ0) is 17.7. The van der Waals surface area contributed by atoms with Crippen LogP contribution in [0.25, 0.3) is 11.4 Å². The predicted molar refractivity (Wildman–Crippen MR) is 80.7 cm³/mol. The number of nitrogen functional groups attached to an aromatic ring is 1.